The van der Waals surface area contributed by atoms with Crippen molar-refractivity contribution < 1.29 is 4.89 Å². The Kier molecular flexibility index (Phi) is 3.58. The molecule has 0 bridgehead atoms. The maximum absolute atomic E-state index is 9.92. The van der Waals surface area contributed by atoms with Crippen LogP contribution in [0.5, 0.6) is 0 Å². The molecule has 0 unspecified atom stereocenters. The first-order chi connectivity index (χ1) is 6.68. The van der Waals surface area contributed by atoms with E-state index in [2.05, 4.69) is 45.0 Å². The molecule has 0 heterocycles. The van der Waals surface area contributed by atoms with E-state index in [1.54, 1.807) is 0 Å². The number of benzene rings is 1. The Morgan fingerprint density at radius 2 is 1.53 bits per heavy atom. The summed E-state index contributed by atoms with van der Waals surface area (Å²) in [6.45, 7) is 10.6. The van der Waals surface area contributed by atoms with Gasteiger partial charge in [0.15, 0.2) is 7.49 Å². The molecule has 84 valence electrons. The smallest absolute Gasteiger partial charge is 0.168 e. The molecule has 1 rings (SSSR count). The molecule has 2 heteroatoms. The summed E-state index contributed by atoms with van der Waals surface area (Å²) in [5.41, 5.74) is 1.67. The van der Waals surface area contributed by atoms with Crippen LogP contribution < -0.4 is 5.30 Å². The maximum Gasteiger partial charge on any atom is 0.168 e. The van der Waals surface area contributed by atoms with E-state index in [1.807, 2.05) is 13.3 Å². The monoisotopic (exact) mass is 225 g/mol. The molecule has 0 atom stereocenters. The van der Waals surface area contributed by atoms with Gasteiger partial charge in [-0.1, -0.05) is 32.9 Å². The molecule has 0 aliphatic rings. The van der Waals surface area contributed by atoms with Crippen LogP contribution in [0.3, 0.4) is 0 Å². The zero-order valence-corrected chi connectivity index (χ0v) is 11.3. The van der Waals surface area contributed by atoms with Crippen molar-refractivity contribution in [3.63, 3.8) is 0 Å². The van der Waals surface area contributed by atoms with Gasteiger partial charge in [-0.15, -0.1) is 0 Å². The molecule has 1 aromatic rings. The highest BCUT2D eigenvalue weighted by atomic mass is 31.2. The van der Waals surface area contributed by atoms with Crippen molar-refractivity contribution in [2.24, 2.45) is 5.41 Å². The molecule has 0 radical (unpaired) electrons. The molecule has 0 aromatic heterocycles. The lowest BCUT2D eigenvalue weighted by Crippen LogP contribution is -2.11. The fourth-order valence-electron chi connectivity index (χ4n) is 1.59. The van der Waals surface area contributed by atoms with Crippen LogP contribution in [0.2, 0.25) is 0 Å². The lowest BCUT2D eigenvalue weighted by molar-refractivity contribution is 0.411. The average molecular weight is 225 g/mol. The van der Waals surface area contributed by atoms with Gasteiger partial charge in [-0.25, -0.2) is 4.89 Å². The van der Waals surface area contributed by atoms with Crippen molar-refractivity contribution in [3.8, 4) is 0 Å². The third kappa shape index (κ3) is 4.32. The number of hydrogen-bond acceptors (Lipinski definition) is 1. The fourth-order valence-corrected chi connectivity index (χ4v) is 2.47. The van der Waals surface area contributed by atoms with Crippen molar-refractivity contribution in [3.05, 3.63) is 29.8 Å². The number of hydrogen-bond donors (Lipinski definition) is 1. The van der Waals surface area contributed by atoms with E-state index in [9.17, 15) is 4.89 Å². The summed E-state index contributed by atoms with van der Waals surface area (Å²) >= 11 is 0. The zero-order chi connectivity index (χ0) is 11.7. The second-order valence-electron chi connectivity index (χ2n) is 5.80. The van der Waals surface area contributed by atoms with E-state index in [0.29, 0.717) is 5.41 Å². The Morgan fingerprint density at radius 3 is 1.87 bits per heavy atom. The average Bonchev–Trinajstić information content (AvgIpc) is 2.00. The van der Waals surface area contributed by atoms with Crippen molar-refractivity contribution in [2.75, 3.05) is 13.3 Å². The van der Waals surface area contributed by atoms with Gasteiger partial charge in [0.1, 0.15) is 5.30 Å². The van der Waals surface area contributed by atoms with E-state index in [4.69, 9.17) is 0 Å². The minimum atomic E-state index is -1.84. The molecule has 0 aliphatic carbocycles. The van der Waals surface area contributed by atoms with E-state index < -0.39 is 7.49 Å². The van der Waals surface area contributed by atoms with Gasteiger partial charge < -0.3 is 0 Å². The molecule has 0 saturated carbocycles. The Balaban J connectivity index is 2.82. The summed E-state index contributed by atoms with van der Waals surface area (Å²) in [6.07, 6.45) is 1.08. The normalized spacial score (nSPS) is 12.9. The Labute approximate surface area is 94.0 Å². The molecule has 0 amide bonds. The minimum Gasteiger partial charge on any atom is -0.247 e. The van der Waals surface area contributed by atoms with E-state index in [0.717, 1.165) is 11.7 Å². The van der Waals surface area contributed by atoms with Gasteiger partial charge in [0.05, 0.1) is 13.3 Å². The van der Waals surface area contributed by atoms with Crippen LogP contribution in [0.1, 0.15) is 26.3 Å². The predicted octanol–water partition coefficient (Wildman–Crippen LogP) is 3.09. The van der Waals surface area contributed by atoms with Crippen LogP contribution in [0.4, 0.5) is 0 Å². The van der Waals surface area contributed by atoms with Crippen LogP contribution in [-0.2, 0) is 6.42 Å². The van der Waals surface area contributed by atoms with Crippen molar-refractivity contribution in [1.29, 1.82) is 0 Å². The minimum absolute atomic E-state index is 0.325. The third-order valence-corrected chi connectivity index (χ3v) is 3.86. The molecule has 1 N–H and O–H groups in total. The second-order valence-corrected chi connectivity index (χ2v) is 9.10. The standard InChI is InChI=1S/C13H22OP/c1-13(2,3)10-11-6-8-12(9-7-11)15(4,5)14/h6-9,14H,10H2,1-5H3/q+1. The highest BCUT2D eigenvalue weighted by molar-refractivity contribution is 7.76. The van der Waals surface area contributed by atoms with Gasteiger partial charge >= 0.3 is 0 Å². The highest BCUT2D eigenvalue weighted by Crippen LogP contribution is 2.44. The SMILES string of the molecule is CC(C)(C)Cc1ccc([P+](C)(C)O)cc1. The molecule has 15 heavy (non-hydrogen) atoms. The van der Waals surface area contributed by atoms with Gasteiger partial charge in [0.2, 0.25) is 0 Å². The lowest BCUT2D eigenvalue weighted by atomic mass is 9.88. The Bertz CT molecular complexity index is 314. The van der Waals surface area contributed by atoms with Crippen molar-refractivity contribution in [2.45, 2.75) is 27.2 Å². The van der Waals surface area contributed by atoms with Gasteiger partial charge in [0, 0.05) is 0 Å². The zero-order valence-electron chi connectivity index (χ0n) is 10.4. The van der Waals surface area contributed by atoms with Gasteiger partial charge in [-0.2, -0.15) is 0 Å². The summed E-state index contributed by atoms with van der Waals surface area (Å²) < 4.78 is 0. The predicted molar refractivity (Wildman–Crippen MR) is 70.2 cm³/mol. The molecule has 1 nitrogen and oxygen atoms in total. The van der Waals surface area contributed by atoms with Gasteiger partial charge in [0.25, 0.3) is 0 Å². The van der Waals surface area contributed by atoms with E-state index in [1.165, 1.54) is 5.56 Å². The van der Waals surface area contributed by atoms with Crippen molar-refractivity contribution >= 4 is 12.8 Å². The summed E-state index contributed by atoms with van der Waals surface area (Å²) in [6, 6.07) is 8.40. The highest BCUT2D eigenvalue weighted by Gasteiger charge is 2.24. The molecule has 0 saturated heterocycles. The number of rotatable bonds is 2. The summed E-state index contributed by atoms with van der Waals surface area (Å²) in [5.74, 6) is 0. The molecule has 0 aliphatic heterocycles. The summed E-state index contributed by atoms with van der Waals surface area (Å²) in [4.78, 5) is 9.92. The fraction of sp³-hybridized carbons (Fsp3) is 0.538. The maximum atomic E-state index is 9.92. The molecular weight excluding hydrogens is 203 g/mol. The second kappa shape index (κ2) is 4.23. The topological polar surface area (TPSA) is 20.2 Å². The summed E-state index contributed by atoms with van der Waals surface area (Å²) in [7, 11) is -1.84. The summed E-state index contributed by atoms with van der Waals surface area (Å²) in [5, 5.41) is 1.08. The first-order valence-electron chi connectivity index (χ1n) is 5.35. The van der Waals surface area contributed by atoms with Crippen LogP contribution in [0.25, 0.3) is 0 Å². The van der Waals surface area contributed by atoms with Crippen LogP contribution >= 0.6 is 7.49 Å². The first-order valence-corrected chi connectivity index (χ1v) is 7.98. The van der Waals surface area contributed by atoms with Crippen LogP contribution in [-0.4, -0.2) is 18.2 Å². The van der Waals surface area contributed by atoms with Crippen LogP contribution in [0.15, 0.2) is 24.3 Å². The van der Waals surface area contributed by atoms with Gasteiger partial charge in [-0.05, 0) is 29.5 Å². The molecular formula is C13H22OP+. The molecule has 1 aromatic carbocycles. The van der Waals surface area contributed by atoms with Crippen LogP contribution in [0, 0.1) is 5.41 Å². The van der Waals surface area contributed by atoms with Gasteiger partial charge in [-0.3, -0.25) is 0 Å². The third-order valence-electron chi connectivity index (χ3n) is 2.30. The quantitative estimate of drug-likeness (QED) is 0.767. The van der Waals surface area contributed by atoms with Crippen molar-refractivity contribution in [1.82, 2.24) is 0 Å². The van der Waals surface area contributed by atoms with E-state index >= 15 is 0 Å². The Hall–Kier alpha value is -0.390. The molecule has 0 fully saturated rings. The van der Waals surface area contributed by atoms with E-state index in [-0.39, 0.29) is 0 Å². The largest absolute Gasteiger partial charge is 0.247 e. The Morgan fingerprint density at radius 1 is 1.07 bits per heavy atom. The lowest BCUT2D eigenvalue weighted by Gasteiger charge is -2.18. The first kappa shape index (κ1) is 12.7. The molecule has 0 spiro atoms.